The van der Waals surface area contributed by atoms with Crippen LogP contribution in [0.1, 0.15) is 0 Å². The van der Waals surface area contributed by atoms with Crippen molar-refractivity contribution in [3.8, 4) is 28.5 Å². The van der Waals surface area contributed by atoms with Crippen LogP contribution in [0.4, 0.5) is 0 Å². The second-order valence-corrected chi connectivity index (χ2v) is 9.04. The number of fused-ring (bicyclic) bond motifs is 1. The van der Waals surface area contributed by atoms with Crippen molar-refractivity contribution in [3.63, 3.8) is 0 Å². The molecular formula is C25H16IN3OS. The Morgan fingerprint density at radius 2 is 1.42 bits per heavy atom. The minimum absolute atomic E-state index is 0.0114. The Hall–Kier alpha value is -2.97. The van der Waals surface area contributed by atoms with Crippen LogP contribution in [-0.2, 0) is 0 Å². The molecular weight excluding hydrogens is 517 g/mol. The van der Waals surface area contributed by atoms with Crippen LogP contribution >= 0.6 is 34.4 Å². The van der Waals surface area contributed by atoms with Crippen LogP contribution in [0.15, 0.2) is 112 Å². The van der Waals surface area contributed by atoms with Crippen molar-refractivity contribution in [3.05, 3.63) is 111 Å². The largest absolute Gasteiger partial charge is 0.287 e. The molecule has 0 atom stereocenters. The summed E-state index contributed by atoms with van der Waals surface area (Å²) in [4.78, 5) is 19.7. The van der Waals surface area contributed by atoms with E-state index in [2.05, 4.69) is 22.6 Å². The molecule has 2 aliphatic rings. The molecule has 0 radical (unpaired) electrons. The van der Waals surface area contributed by atoms with Gasteiger partial charge in [0.05, 0.1) is 19.8 Å². The topological polar surface area (TPSA) is 47.8 Å². The third-order valence-electron chi connectivity index (χ3n) is 4.78. The Morgan fingerprint density at radius 1 is 0.806 bits per heavy atom. The van der Waals surface area contributed by atoms with Crippen molar-refractivity contribution >= 4 is 34.4 Å². The maximum atomic E-state index is 13.2. The molecule has 3 aromatic carbocycles. The fraction of sp³-hybridized carbons (Fsp3) is 0. The standard InChI is InChI=1S/C25H16IN3OS/c26-22-23-20(16-21(24(22)30)31-19-14-8-3-9-15-19)27-25(17-10-4-1-5-11-17)28-29(23)18-12-6-2-7-13-18/h1-16H. The van der Waals surface area contributed by atoms with Gasteiger partial charge in [-0.05, 0) is 52.9 Å². The molecule has 0 saturated heterocycles. The van der Waals surface area contributed by atoms with Gasteiger partial charge < -0.3 is 0 Å². The Balaban J connectivity index is 1.77. The SMILES string of the molecule is O=c1c(Sc2ccccc2)cc2nc(-c3ccccc3)nn(-c3ccccc3)c-2c1I. The van der Waals surface area contributed by atoms with Gasteiger partial charge in [-0.3, -0.25) is 4.79 Å². The van der Waals surface area contributed by atoms with Crippen molar-refractivity contribution in [1.29, 1.82) is 0 Å². The van der Waals surface area contributed by atoms with Gasteiger partial charge in [0.15, 0.2) is 5.82 Å². The lowest BCUT2D eigenvalue weighted by Crippen LogP contribution is -2.18. The molecule has 31 heavy (non-hydrogen) atoms. The zero-order valence-corrected chi connectivity index (χ0v) is 19.2. The summed E-state index contributed by atoms with van der Waals surface area (Å²) in [6, 6.07) is 31.5. The van der Waals surface area contributed by atoms with Gasteiger partial charge in [-0.25, -0.2) is 9.67 Å². The number of para-hydroxylation sites is 1. The van der Waals surface area contributed by atoms with Crippen molar-refractivity contribution < 1.29 is 0 Å². The van der Waals surface area contributed by atoms with Crippen molar-refractivity contribution in [2.45, 2.75) is 9.79 Å². The highest BCUT2D eigenvalue weighted by atomic mass is 127. The number of hydrogen-bond donors (Lipinski definition) is 0. The van der Waals surface area contributed by atoms with Gasteiger partial charge in [0.2, 0.25) is 5.43 Å². The van der Waals surface area contributed by atoms with Gasteiger partial charge in [-0.1, -0.05) is 78.5 Å². The predicted octanol–water partition coefficient (Wildman–Crippen LogP) is 6.16. The molecule has 1 aliphatic heterocycles. The Labute approximate surface area is 197 Å². The van der Waals surface area contributed by atoms with Crippen LogP contribution in [0.5, 0.6) is 0 Å². The van der Waals surface area contributed by atoms with E-state index in [0.29, 0.717) is 20.0 Å². The van der Waals surface area contributed by atoms with Crippen LogP contribution in [0.2, 0.25) is 0 Å². The van der Waals surface area contributed by atoms with Crippen LogP contribution in [0, 0.1) is 3.57 Å². The van der Waals surface area contributed by atoms with E-state index in [1.165, 1.54) is 11.8 Å². The van der Waals surface area contributed by atoms with E-state index >= 15 is 0 Å². The molecule has 3 aromatic rings. The zero-order valence-electron chi connectivity index (χ0n) is 16.3. The molecule has 0 bridgehead atoms. The third-order valence-corrected chi connectivity index (χ3v) is 6.81. The van der Waals surface area contributed by atoms with Crippen LogP contribution in [0.25, 0.3) is 28.5 Å². The quantitative estimate of drug-likeness (QED) is 0.260. The summed E-state index contributed by atoms with van der Waals surface area (Å²) >= 11 is 3.58. The minimum Gasteiger partial charge on any atom is -0.287 e. The molecule has 0 unspecified atom stereocenters. The molecule has 5 rings (SSSR count). The summed E-state index contributed by atoms with van der Waals surface area (Å²) in [5.41, 5.74) is 3.25. The van der Waals surface area contributed by atoms with Crippen LogP contribution < -0.4 is 5.43 Å². The second kappa shape index (κ2) is 8.64. The number of hydrogen-bond acceptors (Lipinski definition) is 4. The van der Waals surface area contributed by atoms with E-state index in [9.17, 15) is 4.79 Å². The first-order chi connectivity index (χ1) is 15.2. The zero-order chi connectivity index (χ0) is 21.2. The Bertz CT molecular complexity index is 1370. The predicted molar refractivity (Wildman–Crippen MR) is 133 cm³/mol. The highest BCUT2D eigenvalue weighted by Crippen LogP contribution is 2.33. The molecule has 0 amide bonds. The molecule has 4 nitrogen and oxygen atoms in total. The van der Waals surface area contributed by atoms with Crippen molar-refractivity contribution in [2.75, 3.05) is 0 Å². The van der Waals surface area contributed by atoms with E-state index in [1.807, 2.05) is 102 Å². The monoisotopic (exact) mass is 533 g/mol. The number of nitrogens with zero attached hydrogens (tertiary/aromatic N) is 3. The number of halogens is 1. The van der Waals surface area contributed by atoms with Crippen LogP contribution in [-0.4, -0.2) is 14.8 Å². The average Bonchev–Trinajstić information content (AvgIpc) is 2.83. The molecule has 0 spiro atoms. The second-order valence-electron chi connectivity index (χ2n) is 6.85. The lowest BCUT2D eigenvalue weighted by atomic mass is 10.1. The molecule has 6 heteroatoms. The first-order valence-corrected chi connectivity index (χ1v) is 11.6. The van der Waals surface area contributed by atoms with E-state index in [0.717, 1.165) is 21.8 Å². The van der Waals surface area contributed by atoms with E-state index < -0.39 is 0 Å². The summed E-state index contributed by atoms with van der Waals surface area (Å²) in [5.74, 6) is 0.613. The van der Waals surface area contributed by atoms with Gasteiger partial charge in [0, 0.05) is 10.5 Å². The van der Waals surface area contributed by atoms with E-state index in [4.69, 9.17) is 10.1 Å². The fourth-order valence-electron chi connectivity index (χ4n) is 3.31. The molecule has 0 N–H and O–H groups in total. The fourth-order valence-corrected chi connectivity index (χ4v) is 5.20. The molecule has 0 aromatic heterocycles. The maximum Gasteiger partial charge on any atom is 0.208 e. The van der Waals surface area contributed by atoms with Gasteiger partial charge in [-0.15, -0.1) is 5.10 Å². The molecule has 0 fully saturated rings. The normalized spacial score (nSPS) is 11.0. The Kier molecular flexibility index (Phi) is 5.57. The lowest BCUT2D eigenvalue weighted by molar-refractivity contribution is 0.821. The molecule has 1 heterocycles. The van der Waals surface area contributed by atoms with Crippen molar-refractivity contribution in [1.82, 2.24) is 14.8 Å². The smallest absolute Gasteiger partial charge is 0.208 e. The Morgan fingerprint density at radius 3 is 2.10 bits per heavy atom. The van der Waals surface area contributed by atoms with Gasteiger partial charge in [-0.2, -0.15) is 0 Å². The summed E-state index contributed by atoms with van der Waals surface area (Å²) in [6.07, 6.45) is 0. The van der Waals surface area contributed by atoms with Gasteiger partial charge in [0.25, 0.3) is 0 Å². The summed E-state index contributed by atoms with van der Waals surface area (Å²) in [6.45, 7) is 0. The van der Waals surface area contributed by atoms with Gasteiger partial charge >= 0.3 is 0 Å². The summed E-state index contributed by atoms with van der Waals surface area (Å²) in [7, 11) is 0. The van der Waals surface area contributed by atoms with Crippen LogP contribution in [0.3, 0.4) is 0 Å². The van der Waals surface area contributed by atoms with E-state index in [1.54, 1.807) is 0 Å². The number of rotatable bonds is 4. The third kappa shape index (κ3) is 4.00. The van der Waals surface area contributed by atoms with Crippen molar-refractivity contribution in [2.24, 2.45) is 0 Å². The minimum atomic E-state index is -0.0114. The summed E-state index contributed by atoms with van der Waals surface area (Å²) < 4.78 is 2.43. The number of aromatic nitrogens is 3. The molecule has 150 valence electrons. The highest BCUT2D eigenvalue weighted by Gasteiger charge is 2.22. The van der Waals surface area contributed by atoms with E-state index in [-0.39, 0.29) is 5.43 Å². The number of benzene rings is 4. The molecule has 0 saturated carbocycles. The first kappa shape index (κ1) is 20.0. The highest BCUT2D eigenvalue weighted by molar-refractivity contribution is 14.1. The lowest BCUT2D eigenvalue weighted by Gasteiger charge is -2.18. The summed E-state index contributed by atoms with van der Waals surface area (Å²) in [5, 5.41) is 4.81. The molecule has 1 aliphatic carbocycles. The first-order valence-electron chi connectivity index (χ1n) is 9.68. The average molecular weight is 533 g/mol. The van der Waals surface area contributed by atoms with Gasteiger partial charge in [0.1, 0.15) is 5.69 Å². The maximum absolute atomic E-state index is 13.2.